The van der Waals surface area contributed by atoms with E-state index in [1.807, 2.05) is 42.5 Å². The fraction of sp³-hybridized carbons (Fsp3) is 0.105. The van der Waals surface area contributed by atoms with Crippen LogP contribution in [0.4, 0.5) is 0 Å². The molecule has 5 nitrogen and oxygen atoms in total. The van der Waals surface area contributed by atoms with Crippen LogP contribution in [0.2, 0.25) is 0 Å². The molecule has 0 N–H and O–H groups in total. The molecule has 0 aliphatic carbocycles. The first-order valence-electron chi connectivity index (χ1n) is 7.73. The van der Waals surface area contributed by atoms with Gasteiger partial charge in [-0.2, -0.15) is 5.10 Å². The largest absolute Gasteiger partial charge is 0.467 e. The molecule has 24 heavy (non-hydrogen) atoms. The minimum Gasteiger partial charge on any atom is -0.467 e. The van der Waals surface area contributed by atoms with Crippen molar-refractivity contribution in [3.63, 3.8) is 0 Å². The molecule has 3 heterocycles. The number of benzene rings is 1. The van der Waals surface area contributed by atoms with Gasteiger partial charge in [0, 0.05) is 29.9 Å². The molecule has 0 unspecified atom stereocenters. The molecule has 0 radical (unpaired) electrons. The van der Waals surface area contributed by atoms with E-state index in [1.54, 1.807) is 30.8 Å². The van der Waals surface area contributed by atoms with Gasteiger partial charge in [0.2, 0.25) is 0 Å². The van der Waals surface area contributed by atoms with Gasteiger partial charge in [0.15, 0.2) is 0 Å². The Morgan fingerprint density at radius 2 is 1.83 bits per heavy atom. The van der Waals surface area contributed by atoms with Gasteiger partial charge in [-0.3, -0.25) is 9.78 Å². The fourth-order valence-electron chi connectivity index (χ4n) is 2.83. The van der Waals surface area contributed by atoms with Gasteiger partial charge in [0.25, 0.3) is 5.91 Å². The van der Waals surface area contributed by atoms with E-state index in [4.69, 9.17) is 4.42 Å². The average molecular weight is 317 g/mol. The summed E-state index contributed by atoms with van der Waals surface area (Å²) in [4.78, 5) is 16.9. The molecule has 1 aliphatic rings. The van der Waals surface area contributed by atoms with Crippen LogP contribution in [0.25, 0.3) is 0 Å². The van der Waals surface area contributed by atoms with Crippen molar-refractivity contribution in [1.29, 1.82) is 0 Å². The highest BCUT2D eigenvalue weighted by Gasteiger charge is 2.35. The smallest absolute Gasteiger partial charge is 0.274 e. The van der Waals surface area contributed by atoms with Gasteiger partial charge in [-0.15, -0.1) is 0 Å². The lowest BCUT2D eigenvalue weighted by molar-refractivity contribution is 0.0693. The van der Waals surface area contributed by atoms with Crippen molar-refractivity contribution >= 4 is 11.6 Å². The summed E-state index contributed by atoms with van der Waals surface area (Å²) in [5.41, 5.74) is 2.42. The van der Waals surface area contributed by atoms with E-state index in [2.05, 4.69) is 10.1 Å². The highest BCUT2D eigenvalue weighted by molar-refractivity contribution is 6.04. The van der Waals surface area contributed by atoms with Gasteiger partial charge < -0.3 is 4.42 Å². The monoisotopic (exact) mass is 317 g/mol. The van der Waals surface area contributed by atoms with Crippen LogP contribution >= 0.6 is 0 Å². The van der Waals surface area contributed by atoms with Crippen molar-refractivity contribution in [3.8, 4) is 0 Å². The van der Waals surface area contributed by atoms with Crippen molar-refractivity contribution in [2.24, 2.45) is 5.10 Å². The van der Waals surface area contributed by atoms with Crippen LogP contribution in [0.1, 0.15) is 34.1 Å². The van der Waals surface area contributed by atoms with Gasteiger partial charge in [0.05, 0.1) is 12.0 Å². The van der Waals surface area contributed by atoms with Crippen LogP contribution in [0.3, 0.4) is 0 Å². The first kappa shape index (κ1) is 14.4. The van der Waals surface area contributed by atoms with E-state index in [0.717, 1.165) is 17.0 Å². The number of hydrogen-bond donors (Lipinski definition) is 0. The van der Waals surface area contributed by atoms with E-state index in [-0.39, 0.29) is 11.9 Å². The number of pyridine rings is 1. The van der Waals surface area contributed by atoms with E-state index < -0.39 is 0 Å². The number of hydrogen-bond acceptors (Lipinski definition) is 4. The van der Waals surface area contributed by atoms with Crippen molar-refractivity contribution in [2.75, 3.05) is 0 Å². The predicted molar refractivity (Wildman–Crippen MR) is 89.5 cm³/mol. The molecule has 0 saturated carbocycles. The number of amides is 1. The SMILES string of the molecule is O=C(c1ccccc1)N1N=C(c2ccncc2)C[C@H]1c1ccco1. The lowest BCUT2D eigenvalue weighted by atomic mass is 10.0. The van der Waals surface area contributed by atoms with Crippen LogP contribution in [0.5, 0.6) is 0 Å². The molecule has 5 heteroatoms. The van der Waals surface area contributed by atoms with Gasteiger partial charge in [0.1, 0.15) is 11.8 Å². The molecule has 0 saturated heterocycles. The highest BCUT2D eigenvalue weighted by Crippen LogP contribution is 2.33. The third kappa shape index (κ3) is 2.60. The Labute approximate surface area is 139 Å². The maximum atomic E-state index is 12.9. The summed E-state index contributed by atoms with van der Waals surface area (Å²) in [6.07, 6.45) is 5.67. The van der Waals surface area contributed by atoms with Crippen molar-refractivity contribution in [2.45, 2.75) is 12.5 Å². The summed E-state index contributed by atoms with van der Waals surface area (Å²) in [7, 11) is 0. The Hall–Kier alpha value is -3.21. The average Bonchev–Trinajstić information content (AvgIpc) is 3.32. The zero-order chi connectivity index (χ0) is 16.4. The molecule has 0 fully saturated rings. The molecule has 1 aromatic carbocycles. The molecule has 2 aromatic heterocycles. The molecular formula is C19H15N3O2. The third-order valence-corrected chi connectivity index (χ3v) is 4.02. The maximum Gasteiger partial charge on any atom is 0.274 e. The van der Waals surface area contributed by atoms with Gasteiger partial charge in [-0.25, -0.2) is 5.01 Å². The molecule has 118 valence electrons. The maximum absolute atomic E-state index is 12.9. The first-order valence-corrected chi connectivity index (χ1v) is 7.73. The number of hydrazone groups is 1. The number of carbonyl (C=O) groups excluding carboxylic acids is 1. The second-order valence-corrected chi connectivity index (χ2v) is 5.53. The molecular weight excluding hydrogens is 302 g/mol. The third-order valence-electron chi connectivity index (χ3n) is 4.02. The van der Waals surface area contributed by atoms with E-state index in [0.29, 0.717) is 12.0 Å². The van der Waals surface area contributed by atoms with Crippen LogP contribution in [-0.4, -0.2) is 21.6 Å². The lowest BCUT2D eigenvalue weighted by Crippen LogP contribution is -2.26. The minimum atomic E-state index is -0.240. The number of nitrogens with zero attached hydrogens (tertiary/aromatic N) is 3. The van der Waals surface area contributed by atoms with E-state index in [1.165, 1.54) is 5.01 Å². The summed E-state index contributed by atoms with van der Waals surface area (Å²) in [5.74, 6) is 0.591. The normalized spacial score (nSPS) is 16.9. The summed E-state index contributed by atoms with van der Waals surface area (Å²) in [6.45, 7) is 0. The highest BCUT2D eigenvalue weighted by atomic mass is 16.3. The molecule has 1 atom stereocenters. The molecule has 0 spiro atoms. The second-order valence-electron chi connectivity index (χ2n) is 5.53. The summed E-state index contributed by atoms with van der Waals surface area (Å²) in [6, 6.07) is 16.4. The van der Waals surface area contributed by atoms with Gasteiger partial charge in [-0.05, 0) is 36.4 Å². The Morgan fingerprint density at radius 1 is 1.04 bits per heavy atom. The quantitative estimate of drug-likeness (QED) is 0.740. The number of carbonyl (C=O) groups is 1. The zero-order valence-electron chi connectivity index (χ0n) is 12.9. The Balaban J connectivity index is 1.72. The standard InChI is InChI=1S/C19H15N3O2/c23-19(15-5-2-1-3-6-15)22-17(18-7-4-12-24-18)13-16(21-22)14-8-10-20-11-9-14/h1-12,17H,13H2/t17-/m0/s1. The molecule has 0 bridgehead atoms. The van der Waals surface area contributed by atoms with Crippen LogP contribution < -0.4 is 0 Å². The zero-order valence-corrected chi connectivity index (χ0v) is 12.9. The van der Waals surface area contributed by atoms with Crippen molar-refractivity contribution < 1.29 is 9.21 Å². The van der Waals surface area contributed by atoms with Crippen LogP contribution in [-0.2, 0) is 0 Å². The van der Waals surface area contributed by atoms with Gasteiger partial charge >= 0.3 is 0 Å². The molecule has 4 rings (SSSR count). The summed E-state index contributed by atoms with van der Waals surface area (Å²) < 4.78 is 5.54. The van der Waals surface area contributed by atoms with Crippen molar-refractivity contribution in [1.82, 2.24) is 9.99 Å². The van der Waals surface area contributed by atoms with E-state index >= 15 is 0 Å². The first-order chi connectivity index (χ1) is 11.8. The van der Waals surface area contributed by atoms with E-state index in [9.17, 15) is 4.79 Å². The number of rotatable bonds is 3. The van der Waals surface area contributed by atoms with Crippen LogP contribution in [0, 0.1) is 0 Å². The number of furan rings is 1. The molecule has 3 aromatic rings. The Bertz CT molecular complexity index is 858. The minimum absolute atomic E-state index is 0.138. The second kappa shape index (κ2) is 6.12. The Kier molecular flexibility index (Phi) is 3.67. The molecule has 1 amide bonds. The summed E-state index contributed by atoms with van der Waals surface area (Å²) >= 11 is 0. The lowest BCUT2D eigenvalue weighted by Gasteiger charge is -2.19. The van der Waals surface area contributed by atoms with Crippen molar-refractivity contribution in [3.05, 3.63) is 90.1 Å². The number of aromatic nitrogens is 1. The summed E-state index contributed by atoms with van der Waals surface area (Å²) in [5, 5.41) is 6.10. The van der Waals surface area contributed by atoms with Crippen LogP contribution in [0.15, 0.2) is 82.8 Å². The predicted octanol–water partition coefficient (Wildman–Crippen LogP) is 3.67. The Morgan fingerprint density at radius 3 is 2.54 bits per heavy atom. The fourth-order valence-corrected chi connectivity index (χ4v) is 2.83. The molecule has 1 aliphatic heterocycles. The van der Waals surface area contributed by atoms with Gasteiger partial charge in [-0.1, -0.05) is 18.2 Å². The topological polar surface area (TPSA) is 58.7 Å².